The van der Waals surface area contributed by atoms with Gasteiger partial charge in [0.1, 0.15) is 0 Å². The van der Waals surface area contributed by atoms with Crippen molar-refractivity contribution in [1.82, 2.24) is 9.78 Å². The van der Waals surface area contributed by atoms with Crippen molar-refractivity contribution in [2.45, 2.75) is 93.0 Å². The van der Waals surface area contributed by atoms with Crippen molar-refractivity contribution < 1.29 is 0 Å². The number of rotatable bonds is 12. The molecule has 0 fully saturated rings. The molecule has 0 unspecified atom stereocenters. The Morgan fingerprint density at radius 3 is 1.86 bits per heavy atom. The number of aromatic nitrogens is 2. The fraction of sp³-hybridized carbons (Fsp3) is 0.842. The molecule has 0 aliphatic heterocycles. The van der Waals surface area contributed by atoms with Crippen molar-refractivity contribution >= 4 is 22.0 Å². The monoisotopic (exact) mass is 414 g/mol. The van der Waals surface area contributed by atoms with Gasteiger partial charge in [-0.05, 0) is 0 Å². The van der Waals surface area contributed by atoms with Crippen LogP contribution < -0.4 is 3.58 Å². The van der Waals surface area contributed by atoms with E-state index in [0.717, 1.165) is 6.54 Å². The molecular weight excluding hydrogens is 375 g/mol. The minimum absolute atomic E-state index is 0.680. The summed E-state index contributed by atoms with van der Waals surface area (Å²) in [4.78, 5) is 0. The first-order chi connectivity index (χ1) is 10.6. The Morgan fingerprint density at radius 1 is 0.955 bits per heavy atom. The standard InChI is InChI=1S/C7H11N2.3C4H9.Sn/c1-7(2)6-9-5-3-4-8-9;3*1-3-4-2;/h4-5,7H,6H2,1-2H3;3*1,3-4H2,2H3;. The Bertz CT molecular complexity index is 376. The Morgan fingerprint density at radius 2 is 1.45 bits per heavy atom. The summed E-state index contributed by atoms with van der Waals surface area (Å²) in [5, 5.41) is 4.72. The average molecular weight is 413 g/mol. The fourth-order valence-electron chi connectivity index (χ4n) is 3.46. The first kappa shape index (κ1) is 20.1. The Balaban J connectivity index is 2.99. The number of hydrogen-bond donors (Lipinski definition) is 0. The molecule has 0 amide bonds. The average Bonchev–Trinajstić information content (AvgIpc) is 2.95. The van der Waals surface area contributed by atoms with Crippen LogP contribution in [-0.2, 0) is 6.54 Å². The summed E-state index contributed by atoms with van der Waals surface area (Å²) in [6.07, 6.45) is 13.0. The third-order valence-electron chi connectivity index (χ3n) is 4.82. The zero-order chi connectivity index (χ0) is 16.4. The SMILES string of the molecule is CCC[CH2][Sn]([CH2]CCC)([CH2]CCC)[c]1cnn(CC(C)C)c1. The molecule has 0 saturated heterocycles. The first-order valence-corrected chi connectivity index (χ1v) is 17.1. The van der Waals surface area contributed by atoms with Gasteiger partial charge in [0.25, 0.3) is 0 Å². The van der Waals surface area contributed by atoms with E-state index < -0.39 is 18.4 Å². The van der Waals surface area contributed by atoms with Crippen molar-refractivity contribution in [1.29, 1.82) is 0 Å². The molecule has 0 atom stereocenters. The number of nitrogens with zero attached hydrogens (tertiary/aromatic N) is 2. The van der Waals surface area contributed by atoms with Gasteiger partial charge in [0.05, 0.1) is 0 Å². The van der Waals surface area contributed by atoms with Gasteiger partial charge in [-0.15, -0.1) is 0 Å². The van der Waals surface area contributed by atoms with Gasteiger partial charge in [0.2, 0.25) is 0 Å². The second-order valence-electron chi connectivity index (χ2n) is 7.44. The summed E-state index contributed by atoms with van der Waals surface area (Å²) in [7, 11) is 0. The van der Waals surface area contributed by atoms with Gasteiger partial charge in [-0.3, -0.25) is 0 Å². The summed E-state index contributed by atoms with van der Waals surface area (Å²) < 4.78 is 8.55. The molecule has 1 aromatic rings. The normalized spacial score (nSPS) is 12.3. The molecule has 0 bridgehead atoms. The molecule has 22 heavy (non-hydrogen) atoms. The molecule has 0 radical (unpaired) electrons. The minimum atomic E-state index is -2.23. The van der Waals surface area contributed by atoms with Crippen LogP contribution in [0.5, 0.6) is 0 Å². The molecule has 1 aromatic heterocycles. The Labute approximate surface area is 142 Å². The molecule has 0 spiro atoms. The second kappa shape index (κ2) is 10.7. The summed E-state index contributed by atoms with van der Waals surface area (Å²) >= 11 is -2.23. The van der Waals surface area contributed by atoms with Gasteiger partial charge < -0.3 is 0 Å². The van der Waals surface area contributed by atoms with Crippen LogP contribution >= 0.6 is 0 Å². The maximum absolute atomic E-state index is 4.72. The maximum atomic E-state index is 4.72. The van der Waals surface area contributed by atoms with Gasteiger partial charge in [0, 0.05) is 0 Å². The summed E-state index contributed by atoms with van der Waals surface area (Å²) in [6, 6.07) is 0. The van der Waals surface area contributed by atoms with Crippen LogP contribution in [0, 0.1) is 5.92 Å². The van der Waals surface area contributed by atoms with Gasteiger partial charge in [-0.2, -0.15) is 0 Å². The van der Waals surface area contributed by atoms with E-state index in [-0.39, 0.29) is 0 Å². The number of unbranched alkanes of at least 4 members (excludes halogenated alkanes) is 3. The van der Waals surface area contributed by atoms with E-state index in [1.54, 1.807) is 16.9 Å². The predicted octanol–water partition coefficient (Wildman–Crippen LogP) is 5.60. The quantitative estimate of drug-likeness (QED) is 0.408. The molecule has 0 aliphatic carbocycles. The van der Waals surface area contributed by atoms with Crippen LogP contribution in [-0.4, -0.2) is 28.2 Å². The van der Waals surface area contributed by atoms with Gasteiger partial charge in [0.15, 0.2) is 0 Å². The molecule has 1 rings (SSSR count). The van der Waals surface area contributed by atoms with Crippen LogP contribution in [0.1, 0.15) is 73.1 Å². The molecule has 0 aliphatic rings. The molecule has 3 heteroatoms. The van der Waals surface area contributed by atoms with Crippen LogP contribution in [0.2, 0.25) is 13.3 Å². The van der Waals surface area contributed by atoms with E-state index in [0.29, 0.717) is 5.92 Å². The van der Waals surface area contributed by atoms with Crippen molar-refractivity contribution in [3.8, 4) is 0 Å². The van der Waals surface area contributed by atoms with E-state index in [1.807, 2.05) is 0 Å². The first-order valence-electron chi connectivity index (χ1n) is 9.60. The molecule has 2 nitrogen and oxygen atoms in total. The summed E-state index contributed by atoms with van der Waals surface area (Å²) in [5.74, 6) is 0.680. The topological polar surface area (TPSA) is 17.8 Å². The molecule has 128 valence electrons. The van der Waals surface area contributed by atoms with Crippen molar-refractivity contribution in [3.63, 3.8) is 0 Å². The second-order valence-corrected chi connectivity index (χ2v) is 20.7. The zero-order valence-corrected chi connectivity index (χ0v) is 18.6. The van der Waals surface area contributed by atoms with Crippen LogP contribution in [0.3, 0.4) is 0 Å². The molecule has 0 aromatic carbocycles. The van der Waals surface area contributed by atoms with Crippen molar-refractivity contribution in [2.75, 3.05) is 0 Å². The van der Waals surface area contributed by atoms with Gasteiger partial charge in [-0.1, -0.05) is 0 Å². The van der Waals surface area contributed by atoms with Crippen molar-refractivity contribution in [3.05, 3.63) is 12.4 Å². The van der Waals surface area contributed by atoms with E-state index in [4.69, 9.17) is 5.10 Å². The zero-order valence-electron chi connectivity index (χ0n) is 15.7. The third-order valence-corrected chi connectivity index (χ3v) is 20.3. The molecular formula is C19H38N2Sn. The van der Waals surface area contributed by atoms with Crippen LogP contribution in [0.25, 0.3) is 0 Å². The van der Waals surface area contributed by atoms with Crippen LogP contribution in [0.4, 0.5) is 0 Å². The molecule has 1 heterocycles. The van der Waals surface area contributed by atoms with Gasteiger partial charge >= 0.3 is 143 Å². The fourth-order valence-corrected chi connectivity index (χ4v) is 19.1. The van der Waals surface area contributed by atoms with Gasteiger partial charge in [-0.25, -0.2) is 0 Å². The Hall–Kier alpha value is 0.00870. The van der Waals surface area contributed by atoms with E-state index in [9.17, 15) is 0 Å². The van der Waals surface area contributed by atoms with E-state index >= 15 is 0 Å². The Kier molecular flexibility index (Phi) is 9.77. The van der Waals surface area contributed by atoms with E-state index in [1.165, 1.54) is 38.5 Å². The van der Waals surface area contributed by atoms with E-state index in [2.05, 4.69) is 51.7 Å². The number of hydrogen-bond acceptors (Lipinski definition) is 1. The summed E-state index contributed by atoms with van der Waals surface area (Å²) in [6.45, 7) is 12.7. The van der Waals surface area contributed by atoms with Crippen molar-refractivity contribution in [2.24, 2.45) is 5.92 Å². The summed E-state index contributed by atoms with van der Waals surface area (Å²) in [5.41, 5.74) is 0. The van der Waals surface area contributed by atoms with Crippen LogP contribution in [0.15, 0.2) is 12.4 Å². The molecule has 0 saturated carbocycles. The molecule has 0 N–H and O–H groups in total. The third kappa shape index (κ3) is 6.25. The predicted molar refractivity (Wildman–Crippen MR) is 102 cm³/mol.